The summed E-state index contributed by atoms with van der Waals surface area (Å²) in [5, 5.41) is 1.46. The summed E-state index contributed by atoms with van der Waals surface area (Å²) >= 11 is 1.70. The Kier molecular flexibility index (Phi) is 9.49. The van der Waals surface area contributed by atoms with Gasteiger partial charge in [0.05, 0.1) is 16.6 Å². The molecular weight excluding hydrogens is 388 g/mol. The minimum absolute atomic E-state index is 0.0115. The van der Waals surface area contributed by atoms with Crippen molar-refractivity contribution in [2.45, 2.75) is 76.3 Å². The van der Waals surface area contributed by atoms with E-state index in [2.05, 4.69) is 6.92 Å². The van der Waals surface area contributed by atoms with Crippen LogP contribution in [0.1, 0.15) is 71.1 Å². The molecule has 160 valence electrons. The molecule has 0 bridgehead atoms. The van der Waals surface area contributed by atoms with Crippen molar-refractivity contribution in [2.75, 3.05) is 5.75 Å². The predicted molar refractivity (Wildman–Crippen MR) is 130 cm³/mol. The molecule has 3 rings (SSSR count). The van der Waals surface area contributed by atoms with Crippen LogP contribution in [-0.2, 0) is 0 Å². The number of para-hydroxylation sites is 2. The number of benzene rings is 2. The van der Waals surface area contributed by atoms with Crippen molar-refractivity contribution >= 4 is 22.7 Å². The minimum Gasteiger partial charge on any atom is -0.268 e. The molecule has 0 spiro atoms. The molecule has 0 unspecified atom stereocenters. The van der Waals surface area contributed by atoms with Crippen molar-refractivity contribution < 1.29 is 0 Å². The number of rotatable bonds is 13. The first-order valence-electron chi connectivity index (χ1n) is 11.5. The Morgan fingerprint density at radius 3 is 2.07 bits per heavy atom. The summed E-state index contributed by atoms with van der Waals surface area (Å²) in [7, 11) is 0. The number of unbranched alkanes of at least 4 members (excludes halogenated alkanes) is 9. The Hall–Kier alpha value is -2.07. The Balaban J connectivity index is 1.55. The molecule has 1 aromatic heterocycles. The SMILES string of the molecule is CCCCCCCCCCCCSc1nc2ccccc2c(=O)n1-c1ccccc1. The highest BCUT2D eigenvalue weighted by Crippen LogP contribution is 2.22. The van der Waals surface area contributed by atoms with Crippen molar-refractivity contribution in [1.29, 1.82) is 0 Å². The van der Waals surface area contributed by atoms with Gasteiger partial charge in [0.2, 0.25) is 0 Å². The lowest BCUT2D eigenvalue weighted by atomic mass is 10.1. The Labute approximate surface area is 184 Å². The van der Waals surface area contributed by atoms with E-state index in [1.807, 2.05) is 54.6 Å². The minimum atomic E-state index is 0.0115. The van der Waals surface area contributed by atoms with Gasteiger partial charge in [-0.1, -0.05) is 107 Å². The highest BCUT2D eigenvalue weighted by molar-refractivity contribution is 7.99. The standard InChI is InChI=1S/C26H34N2OS/c1-2-3-4-5-6-7-8-9-10-16-21-30-26-27-24-20-15-14-19-23(24)25(29)28(26)22-17-12-11-13-18-22/h11-15,17-20H,2-10,16,21H2,1H3. The third-order valence-corrected chi connectivity index (χ3v) is 6.51. The molecule has 0 atom stereocenters. The van der Waals surface area contributed by atoms with Crippen LogP contribution in [0.3, 0.4) is 0 Å². The highest BCUT2D eigenvalue weighted by Gasteiger charge is 2.12. The third kappa shape index (κ3) is 6.46. The van der Waals surface area contributed by atoms with Gasteiger partial charge in [0.15, 0.2) is 5.16 Å². The first-order chi connectivity index (χ1) is 14.8. The van der Waals surface area contributed by atoms with Crippen molar-refractivity contribution in [3.63, 3.8) is 0 Å². The van der Waals surface area contributed by atoms with E-state index in [1.165, 1.54) is 57.8 Å². The number of nitrogens with zero attached hydrogens (tertiary/aromatic N) is 2. The van der Waals surface area contributed by atoms with Crippen LogP contribution < -0.4 is 5.56 Å². The number of hydrogen-bond acceptors (Lipinski definition) is 3. The molecular formula is C26H34N2OS. The molecule has 3 aromatic rings. The molecule has 0 aliphatic rings. The average molecular weight is 423 g/mol. The van der Waals surface area contributed by atoms with Crippen molar-refractivity contribution in [3.8, 4) is 5.69 Å². The number of hydrogen-bond donors (Lipinski definition) is 0. The predicted octanol–water partition coefficient (Wildman–Crippen LogP) is 7.40. The van der Waals surface area contributed by atoms with Crippen LogP contribution in [0.4, 0.5) is 0 Å². The zero-order chi connectivity index (χ0) is 21.0. The molecule has 0 amide bonds. The number of fused-ring (bicyclic) bond motifs is 1. The summed E-state index contributed by atoms with van der Waals surface area (Å²) in [6.45, 7) is 2.27. The molecule has 0 radical (unpaired) electrons. The summed E-state index contributed by atoms with van der Waals surface area (Å²) in [6, 6.07) is 17.5. The lowest BCUT2D eigenvalue weighted by Gasteiger charge is -2.13. The quantitative estimate of drug-likeness (QED) is 0.163. The normalized spacial score (nSPS) is 11.2. The van der Waals surface area contributed by atoms with Crippen molar-refractivity contribution in [2.24, 2.45) is 0 Å². The van der Waals surface area contributed by atoms with Crippen LogP contribution >= 0.6 is 11.8 Å². The summed E-state index contributed by atoms with van der Waals surface area (Å²) in [6.07, 6.45) is 13.3. The fraction of sp³-hybridized carbons (Fsp3) is 0.462. The maximum atomic E-state index is 13.2. The summed E-state index contributed by atoms with van der Waals surface area (Å²) in [5.41, 5.74) is 1.67. The van der Waals surface area contributed by atoms with Gasteiger partial charge in [-0.15, -0.1) is 0 Å². The van der Waals surface area contributed by atoms with Gasteiger partial charge in [-0.25, -0.2) is 4.98 Å². The van der Waals surface area contributed by atoms with E-state index in [4.69, 9.17) is 4.98 Å². The van der Waals surface area contributed by atoms with Crippen LogP contribution in [0.5, 0.6) is 0 Å². The molecule has 0 N–H and O–H groups in total. The van der Waals surface area contributed by atoms with Gasteiger partial charge in [-0.05, 0) is 30.7 Å². The molecule has 0 saturated heterocycles. The van der Waals surface area contributed by atoms with Gasteiger partial charge in [0, 0.05) is 5.75 Å². The number of aromatic nitrogens is 2. The average Bonchev–Trinajstić information content (AvgIpc) is 2.78. The molecule has 0 fully saturated rings. The molecule has 0 saturated carbocycles. The molecule has 1 heterocycles. The summed E-state index contributed by atoms with van der Waals surface area (Å²) in [5.74, 6) is 0.994. The number of thioether (sulfide) groups is 1. The molecule has 3 nitrogen and oxygen atoms in total. The van der Waals surface area contributed by atoms with E-state index in [-0.39, 0.29) is 5.56 Å². The largest absolute Gasteiger partial charge is 0.268 e. The maximum Gasteiger partial charge on any atom is 0.266 e. The fourth-order valence-corrected chi connectivity index (χ4v) is 4.78. The third-order valence-electron chi connectivity index (χ3n) is 5.49. The van der Waals surface area contributed by atoms with Gasteiger partial charge in [-0.2, -0.15) is 0 Å². The highest BCUT2D eigenvalue weighted by atomic mass is 32.2. The Bertz CT molecular complexity index is 952. The zero-order valence-electron chi connectivity index (χ0n) is 18.2. The molecule has 4 heteroatoms. The second-order valence-electron chi connectivity index (χ2n) is 7.92. The smallest absolute Gasteiger partial charge is 0.266 e. The maximum absolute atomic E-state index is 13.2. The van der Waals surface area contributed by atoms with Crippen LogP contribution in [0.25, 0.3) is 16.6 Å². The van der Waals surface area contributed by atoms with Crippen LogP contribution in [0, 0.1) is 0 Å². The lowest BCUT2D eigenvalue weighted by Crippen LogP contribution is -2.21. The zero-order valence-corrected chi connectivity index (χ0v) is 19.0. The summed E-state index contributed by atoms with van der Waals surface area (Å²) < 4.78 is 1.77. The topological polar surface area (TPSA) is 34.9 Å². The van der Waals surface area contributed by atoms with Gasteiger partial charge in [0.1, 0.15) is 0 Å². The second-order valence-corrected chi connectivity index (χ2v) is 8.98. The van der Waals surface area contributed by atoms with Gasteiger partial charge < -0.3 is 0 Å². The molecule has 30 heavy (non-hydrogen) atoms. The van der Waals surface area contributed by atoms with E-state index >= 15 is 0 Å². The van der Waals surface area contributed by atoms with E-state index in [0.29, 0.717) is 5.39 Å². The first-order valence-corrected chi connectivity index (χ1v) is 12.5. The van der Waals surface area contributed by atoms with Gasteiger partial charge >= 0.3 is 0 Å². The van der Waals surface area contributed by atoms with E-state index in [9.17, 15) is 4.79 Å². The van der Waals surface area contributed by atoms with Crippen molar-refractivity contribution in [3.05, 3.63) is 65.0 Å². The van der Waals surface area contributed by atoms with Crippen LogP contribution in [0.15, 0.2) is 64.5 Å². The Morgan fingerprint density at radius 1 is 0.767 bits per heavy atom. The fourth-order valence-electron chi connectivity index (χ4n) is 3.77. The van der Waals surface area contributed by atoms with E-state index in [1.54, 1.807) is 16.3 Å². The van der Waals surface area contributed by atoms with Crippen LogP contribution in [0.2, 0.25) is 0 Å². The van der Waals surface area contributed by atoms with Gasteiger partial charge in [0.25, 0.3) is 5.56 Å². The van der Waals surface area contributed by atoms with Gasteiger partial charge in [-0.3, -0.25) is 9.36 Å². The monoisotopic (exact) mass is 422 g/mol. The first kappa shape index (κ1) is 22.6. The van der Waals surface area contributed by atoms with E-state index in [0.717, 1.165) is 28.5 Å². The molecule has 0 aliphatic carbocycles. The van der Waals surface area contributed by atoms with Crippen LogP contribution in [-0.4, -0.2) is 15.3 Å². The van der Waals surface area contributed by atoms with Crippen molar-refractivity contribution in [1.82, 2.24) is 9.55 Å². The second kappa shape index (κ2) is 12.6. The lowest BCUT2D eigenvalue weighted by molar-refractivity contribution is 0.563. The summed E-state index contributed by atoms with van der Waals surface area (Å²) in [4.78, 5) is 18.0. The van der Waals surface area contributed by atoms with E-state index < -0.39 is 0 Å². The molecule has 0 aliphatic heterocycles. The molecule has 2 aromatic carbocycles. The Morgan fingerprint density at radius 2 is 1.37 bits per heavy atom.